The third-order valence-corrected chi connectivity index (χ3v) is 5.40. The largest absolute Gasteiger partial charge is 0.282 e. The third kappa shape index (κ3) is 4.67. The van der Waals surface area contributed by atoms with Crippen molar-refractivity contribution in [2.75, 3.05) is 10.5 Å². The molecule has 0 radical (unpaired) electrons. The van der Waals surface area contributed by atoms with E-state index in [-0.39, 0.29) is 17.5 Å². The quantitative estimate of drug-likeness (QED) is 0.746. The Balaban J connectivity index is 2.12. The van der Waals surface area contributed by atoms with Crippen molar-refractivity contribution in [3.63, 3.8) is 0 Å². The summed E-state index contributed by atoms with van der Waals surface area (Å²) < 4.78 is 40.5. The highest BCUT2D eigenvalue weighted by atomic mass is 127. The molecule has 2 rings (SSSR count). The molecule has 6 heteroatoms. The minimum Gasteiger partial charge on any atom is -0.282 e. The van der Waals surface area contributed by atoms with Gasteiger partial charge in [0.2, 0.25) is 10.0 Å². The van der Waals surface area contributed by atoms with E-state index in [1.807, 2.05) is 59.8 Å². The second-order valence-electron chi connectivity index (χ2n) is 4.82. The van der Waals surface area contributed by atoms with Gasteiger partial charge in [0.25, 0.3) is 0 Å². The molecule has 0 saturated heterocycles. The maximum absolute atomic E-state index is 13.0. The number of nitrogens with one attached hydrogen (secondary N) is 1. The molecule has 0 aromatic heterocycles. The van der Waals surface area contributed by atoms with Crippen LogP contribution in [-0.2, 0) is 10.0 Å². The highest BCUT2D eigenvalue weighted by molar-refractivity contribution is 14.1. The van der Waals surface area contributed by atoms with Crippen LogP contribution in [0.25, 0.3) is 0 Å². The van der Waals surface area contributed by atoms with Crippen molar-refractivity contribution in [3.8, 4) is 0 Å². The lowest BCUT2D eigenvalue weighted by atomic mass is 10.0. The van der Waals surface area contributed by atoms with E-state index in [1.165, 1.54) is 18.2 Å². The SMILES string of the molecule is CC(CS(=O)(=O)Nc1ccc(F)cc1I)c1ccccc1. The summed E-state index contributed by atoms with van der Waals surface area (Å²) in [4.78, 5) is 0. The molecule has 0 spiro atoms. The molecule has 0 heterocycles. The number of hydrogen-bond donors (Lipinski definition) is 1. The lowest BCUT2D eigenvalue weighted by Crippen LogP contribution is -2.21. The molecule has 112 valence electrons. The average molecular weight is 419 g/mol. The van der Waals surface area contributed by atoms with Crippen LogP contribution in [0.3, 0.4) is 0 Å². The Labute approximate surface area is 137 Å². The smallest absolute Gasteiger partial charge is 0.233 e. The Bertz CT molecular complexity index is 720. The normalized spacial score (nSPS) is 12.9. The maximum Gasteiger partial charge on any atom is 0.233 e. The van der Waals surface area contributed by atoms with Crippen molar-refractivity contribution in [3.05, 3.63) is 63.5 Å². The van der Waals surface area contributed by atoms with Crippen LogP contribution in [0.4, 0.5) is 10.1 Å². The molecule has 0 saturated carbocycles. The molecule has 2 aromatic rings. The Morgan fingerprint density at radius 2 is 1.86 bits per heavy atom. The van der Waals surface area contributed by atoms with E-state index in [4.69, 9.17) is 0 Å². The van der Waals surface area contributed by atoms with E-state index < -0.39 is 10.0 Å². The zero-order valence-corrected chi connectivity index (χ0v) is 14.4. The Hall–Kier alpha value is -1.15. The van der Waals surface area contributed by atoms with Gasteiger partial charge in [-0.15, -0.1) is 0 Å². The van der Waals surface area contributed by atoms with Gasteiger partial charge in [-0.2, -0.15) is 0 Å². The average Bonchev–Trinajstić information content (AvgIpc) is 2.42. The number of hydrogen-bond acceptors (Lipinski definition) is 2. The molecule has 0 aliphatic carbocycles. The first-order valence-corrected chi connectivity index (χ1v) is 9.11. The molecule has 0 fully saturated rings. The summed E-state index contributed by atoms with van der Waals surface area (Å²) in [5.41, 5.74) is 1.37. The molecule has 0 aliphatic rings. The van der Waals surface area contributed by atoms with Crippen LogP contribution < -0.4 is 4.72 Å². The molecular weight excluding hydrogens is 404 g/mol. The van der Waals surface area contributed by atoms with Gasteiger partial charge in [-0.05, 0) is 52.3 Å². The number of halogens is 2. The highest BCUT2D eigenvalue weighted by Crippen LogP contribution is 2.22. The minimum absolute atomic E-state index is 0.0233. The molecular formula is C15H15FINO2S. The van der Waals surface area contributed by atoms with Crippen molar-refractivity contribution >= 4 is 38.3 Å². The van der Waals surface area contributed by atoms with Gasteiger partial charge in [0.05, 0.1) is 11.4 Å². The van der Waals surface area contributed by atoms with Gasteiger partial charge in [-0.25, -0.2) is 12.8 Å². The van der Waals surface area contributed by atoms with E-state index in [1.54, 1.807) is 0 Å². The van der Waals surface area contributed by atoms with Crippen molar-refractivity contribution in [2.24, 2.45) is 0 Å². The van der Waals surface area contributed by atoms with Crippen LogP contribution in [-0.4, -0.2) is 14.2 Å². The molecule has 0 aliphatic heterocycles. The number of benzene rings is 2. The first-order valence-electron chi connectivity index (χ1n) is 6.38. The fourth-order valence-corrected chi connectivity index (χ4v) is 4.23. The van der Waals surface area contributed by atoms with E-state index in [2.05, 4.69) is 4.72 Å². The predicted octanol–water partition coefficient (Wildman–Crippen LogP) is 3.98. The summed E-state index contributed by atoms with van der Waals surface area (Å²) in [5, 5.41) is 0. The van der Waals surface area contributed by atoms with Gasteiger partial charge in [0.1, 0.15) is 5.82 Å². The Morgan fingerprint density at radius 1 is 1.19 bits per heavy atom. The van der Waals surface area contributed by atoms with E-state index in [0.717, 1.165) is 5.56 Å². The van der Waals surface area contributed by atoms with Crippen molar-refractivity contribution < 1.29 is 12.8 Å². The van der Waals surface area contributed by atoms with Crippen LogP contribution in [0.1, 0.15) is 18.4 Å². The van der Waals surface area contributed by atoms with Gasteiger partial charge in [0, 0.05) is 3.57 Å². The topological polar surface area (TPSA) is 46.2 Å². The number of anilines is 1. The van der Waals surface area contributed by atoms with Crippen molar-refractivity contribution in [1.29, 1.82) is 0 Å². The van der Waals surface area contributed by atoms with Crippen molar-refractivity contribution in [2.45, 2.75) is 12.8 Å². The second kappa shape index (κ2) is 6.74. The summed E-state index contributed by atoms with van der Waals surface area (Å²) in [7, 11) is -3.49. The highest BCUT2D eigenvalue weighted by Gasteiger charge is 2.18. The summed E-state index contributed by atoms with van der Waals surface area (Å²) in [6.07, 6.45) is 0. The molecule has 3 nitrogen and oxygen atoms in total. The van der Waals surface area contributed by atoms with E-state index in [0.29, 0.717) is 9.26 Å². The number of rotatable bonds is 5. The van der Waals surface area contributed by atoms with Crippen molar-refractivity contribution in [1.82, 2.24) is 0 Å². The fraction of sp³-hybridized carbons (Fsp3) is 0.200. The van der Waals surface area contributed by atoms with Gasteiger partial charge in [-0.1, -0.05) is 37.3 Å². The van der Waals surface area contributed by atoms with Gasteiger partial charge in [-0.3, -0.25) is 4.72 Å². The zero-order chi connectivity index (χ0) is 15.5. The van der Waals surface area contributed by atoms with Crippen LogP contribution in [0.2, 0.25) is 0 Å². The van der Waals surface area contributed by atoms with Gasteiger partial charge >= 0.3 is 0 Å². The van der Waals surface area contributed by atoms with Crippen LogP contribution in [0, 0.1) is 9.39 Å². The number of sulfonamides is 1. The van der Waals surface area contributed by atoms with E-state index >= 15 is 0 Å². The Kier molecular flexibility index (Phi) is 5.21. The maximum atomic E-state index is 13.0. The first-order chi connectivity index (χ1) is 9.87. The lowest BCUT2D eigenvalue weighted by molar-refractivity contribution is 0.595. The molecule has 21 heavy (non-hydrogen) atoms. The molecule has 1 unspecified atom stereocenters. The van der Waals surface area contributed by atoms with Crippen LogP contribution in [0.15, 0.2) is 48.5 Å². The summed E-state index contributed by atoms with van der Waals surface area (Å²) in [6.45, 7) is 1.87. The summed E-state index contributed by atoms with van der Waals surface area (Å²) in [6, 6.07) is 13.4. The lowest BCUT2D eigenvalue weighted by Gasteiger charge is -2.14. The standard InChI is InChI=1S/C15H15FINO2S/c1-11(12-5-3-2-4-6-12)10-21(19,20)18-15-8-7-13(16)9-14(15)17/h2-9,11,18H,10H2,1H3. The monoisotopic (exact) mass is 419 g/mol. The first kappa shape index (κ1) is 16.2. The zero-order valence-electron chi connectivity index (χ0n) is 11.4. The summed E-state index contributed by atoms with van der Waals surface area (Å²) in [5.74, 6) is -0.536. The third-order valence-electron chi connectivity index (χ3n) is 3.03. The second-order valence-corrected chi connectivity index (χ2v) is 7.75. The molecule has 0 bridgehead atoms. The molecule has 1 N–H and O–H groups in total. The Morgan fingerprint density at radius 3 is 2.48 bits per heavy atom. The fourth-order valence-electron chi connectivity index (χ4n) is 1.99. The molecule has 2 aromatic carbocycles. The van der Waals surface area contributed by atoms with Gasteiger partial charge < -0.3 is 0 Å². The van der Waals surface area contributed by atoms with Crippen LogP contribution >= 0.6 is 22.6 Å². The van der Waals surface area contributed by atoms with Gasteiger partial charge in [0.15, 0.2) is 0 Å². The molecule has 1 atom stereocenters. The van der Waals surface area contributed by atoms with E-state index in [9.17, 15) is 12.8 Å². The predicted molar refractivity (Wildman–Crippen MR) is 91.4 cm³/mol. The molecule has 0 amide bonds. The summed E-state index contributed by atoms with van der Waals surface area (Å²) >= 11 is 1.90. The van der Waals surface area contributed by atoms with Crippen LogP contribution in [0.5, 0.6) is 0 Å². The minimum atomic E-state index is -3.49.